The fourth-order valence-corrected chi connectivity index (χ4v) is 11.2. The Balaban J connectivity index is 1.05. The highest BCUT2D eigenvalue weighted by Crippen LogP contribution is 2.46. The second-order valence-corrected chi connectivity index (χ2v) is 18.1. The molecule has 12 aromatic rings. The molecular weight excluding hydrogens is 841 g/mol. The number of pyridine rings is 3. The zero-order chi connectivity index (χ0) is 46.3. The average molecular weight is 887 g/mol. The molecular formula is C63H46N6. The molecule has 1 aliphatic carbocycles. The number of nitrogens with two attached hydrogens (primary N) is 1. The molecule has 2 N–H and O–H groups in total. The Morgan fingerprint density at radius 3 is 1.86 bits per heavy atom. The summed E-state index contributed by atoms with van der Waals surface area (Å²) in [5.74, 6) is 0. The molecule has 0 bridgehead atoms. The lowest BCUT2D eigenvalue weighted by Crippen LogP contribution is -2.05. The third kappa shape index (κ3) is 6.22. The quantitative estimate of drug-likeness (QED) is 0.0983. The van der Waals surface area contributed by atoms with Gasteiger partial charge in [0.1, 0.15) is 0 Å². The normalized spacial score (nSPS) is 13.0. The first-order valence-electron chi connectivity index (χ1n) is 23.7. The van der Waals surface area contributed by atoms with Crippen LogP contribution in [0.25, 0.3) is 127 Å². The van der Waals surface area contributed by atoms with Crippen LogP contribution in [0.3, 0.4) is 0 Å². The van der Waals surface area contributed by atoms with Crippen molar-refractivity contribution in [2.45, 2.75) is 26.7 Å². The maximum Gasteiger partial charge on any atom is 0.0970 e. The number of hydrogen-bond donors (Lipinski definition) is 1. The van der Waals surface area contributed by atoms with Crippen molar-refractivity contribution >= 4 is 93.8 Å². The van der Waals surface area contributed by atoms with Crippen LogP contribution in [0.4, 0.5) is 5.69 Å². The lowest BCUT2D eigenvalue weighted by atomic mass is 9.84. The summed E-state index contributed by atoms with van der Waals surface area (Å²) in [6.07, 6.45) is 19.8. The molecule has 0 aliphatic heterocycles. The lowest BCUT2D eigenvalue weighted by molar-refractivity contribution is 0.946. The van der Waals surface area contributed by atoms with E-state index in [9.17, 15) is 0 Å². The van der Waals surface area contributed by atoms with Gasteiger partial charge in [-0.1, -0.05) is 79.4 Å². The van der Waals surface area contributed by atoms with Gasteiger partial charge in [0.2, 0.25) is 0 Å². The number of allylic oxidation sites excluding steroid dienone is 6. The predicted octanol–water partition coefficient (Wildman–Crippen LogP) is 15.9. The topological polar surface area (TPSA) is 74.6 Å². The molecule has 0 saturated heterocycles. The van der Waals surface area contributed by atoms with Crippen molar-refractivity contribution < 1.29 is 0 Å². The van der Waals surface area contributed by atoms with Gasteiger partial charge in [-0.25, -0.2) is 0 Å². The molecule has 0 amide bonds. The van der Waals surface area contributed by atoms with Gasteiger partial charge in [0, 0.05) is 67.7 Å². The number of aromatic nitrogens is 5. The molecule has 0 saturated carbocycles. The molecule has 0 radical (unpaired) electrons. The van der Waals surface area contributed by atoms with Gasteiger partial charge in [-0.15, -0.1) is 0 Å². The van der Waals surface area contributed by atoms with E-state index in [1.807, 2.05) is 55.9 Å². The fraction of sp³-hybridized carbons (Fsp3) is 0.0635. The number of aryl methyl sites for hydroxylation is 2. The molecule has 6 nitrogen and oxygen atoms in total. The van der Waals surface area contributed by atoms with Crippen LogP contribution in [0.5, 0.6) is 0 Å². The van der Waals surface area contributed by atoms with E-state index in [4.69, 9.17) is 20.7 Å². The molecule has 0 atom stereocenters. The monoisotopic (exact) mass is 886 g/mol. The smallest absolute Gasteiger partial charge is 0.0970 e. The summed E-state index contributed by atoms with van der Waals surface area (Å²) in [6.45, 7) is 8.23. The van der Waals surface area contributed by atoms with Crippen molar-refractivity contribution in [3.05, 3.63) is 212 Å². The highest BCUT2D eigenvalue weighted by molar-refractivity contribution is 6.17. The van der Waals surface area contributed by atoms with Gasteiger partial charge in [-0.3, -0.25) is 15.0 Å². The van der Waals surface area contributed by atoms with Crippen molar-refractivity contribution in [3.63, 3.8) is 0 Å². The number of anilines is 1. The molecule has 1 aliphatic rings. The van der Waals surface area contributed by atoms with E-state index < -0.39 is 0 Å². The summed E-state index contributed by atoms with van der Waals surface area (Å²) in [6, 6.07) is 51.4. The Bertz CT molecular complexity index is 4240. The fourth-order valence-electron chi connectivity index (χ4n) is 11.2. The summed E-state index contributed by atoms with van der Waals surface area (Å²) >= 11 is 0. The van der Waals surface area contributed by atoms with Gasteiger partial charge in [0.25, 0.3) is 0 Å². The van der Waals surface area contributed by atoms with Crippen LogP contribution in [0.2, 0.25) is 0 Å². The summed E-state index contributed by atoms with van der Waals surface area (Å²) in [5.41, 5.74) is 27.7. The van der Waals surface area contributed by atoms with Gasteiger partial charge in [0.15, 0.2) is 0 Å². The van der Waals surface area contributed by atoms with E-state index in [2.05, 4.69) is 168 Å². The average Bonchev–Trinajstić information content (AvgIpc) is 3.88. The van der Waals surface area contributed by atoms with Crippen LogP contribution in [0.15, 0.2) is 195 Å². The summed E-state index contributed by atoms with van der Waals surface area (Å²) in [4.78, 5) is 14.3. The molecule has 0 spiro atoms. The van der Waals surface area contributed by atoms with Crippen molar-refractivity contribution in [2.75, 3.05) is 5.73 Å². The molecule has 5 aromatic heterocycles. The summed E-state index contributed by atoms with van der Waals surface area (Å²) in [7, 11) is 0. The second-order valence-electron chi connectivity index (χ2n) is 18.1. The molecule has 0 fully saturated rings. The number of hydrogen-bond acceptors (Lipinski definition) is 4. The Hall–Kier alpha value is -8.87. The standard InChI is InChI=1S/C63H46N6/c1-4-13-42-34-48(46-19-11-28-66-62(46)60(42)64)40-23-25-56-52(30-40)54-32-38-21-22-39-33-55-53-31-41(49-35-43-16-10-27-65-61(43)63-47(49)20-12-29-67-63)24-26-57(53)69(45-17-8-7-9-18-45)59(55)37-51(39)50(38)36-58(54)68(56)44(14-5-2)15-6-3/h4-20,23-37H,2,21-22,64H2,1,3H3/b13-4-,15-6-,44-14+. The summed E-state index contributed by atoms with van der Waals surface area (Å²) in [5, 5.41) is 8.10. The minimum Gasteiger partial charge on any atom is -0.396 e. The van der Waals surface area contributed by atoms with Crippen LogP contribution in [-0.2, 0) is 12.8 Å². The van der Waals surface area contributed by atoms with E-state index >= 15 is 0 Å². The predicted molar refractivity (Wildman–Crippen MR) is 292 cm³/mol. The number of nitrogen functional groups attached to an aromatic ring is 1. The van der Waals surface area contributed by atoms with Crippen LogP contribution < -0.4 is 5.73 Å². The zero-order valence-corrected chi connectivity index (χ0v) is 38.4. The van der Waals surface area contributed by atoms with E-state index in [0.29, 0.717) is 5.69 Å². The zero-order valence-electron chi connectivity index (χ0n) is 38.4. The highest BCUT2D eigenvalue weighted by Gasteiger charge is 2.25. The van der Waals surface area contributed by atoms with Gasteiger partial charge in [0.05, 0.1) is 44.3 Å². The van der Waals surface area contributed by atoms with E-state index in [1.165, 1.54) is 54.8 Å². The first-order valence-corrected chi connectivity index (χ1v) is 23.7. The summed E-state index contributed by atoms with van der Waals surface area (Å²) < 4.78 is 4.85. The Labute approximate surface area is 399 Å². The number of benzene rings is 7. The van der Waals surface area contributed by atoms with Gasteiger partial charge < -0.3 is 14.9 Å². The van der Waals surface area contributed by atoms with Crippen molar-refractivity contribution in [3.8, 4) is 39.1 Å². The SMILES string of the molecule is C=C/C=C(\C=C/C)n1c2ccc(-c3cc(/C=C\C)c(N)c4ncccc34)cc2c2cc3c(cc21)-c1cc2c(cc1CC3)c1cc(-c3cc4cccnc4c4ncccc34)ccc1n2-c1ccccc1. The molecule has 6 heteroatoms. The number of fused-ring (bicyclic) bond motifs is 13. The van der Waals surface area contributed by atoms with Gasteiger partial charge in [-0.05, 0) is 180 Å². The van der Waals surface area contributed by atoms with Crippen LogP contribution in [0.1, 0.15) is 30.5 Å². The maximum absolute atomic E-state index is 6.71. The minimum absolute atomic E-state index is 0.694. The van der Waals surface area contributed by atoms with Crippen LogP contribution in [0, 0.1) is 0 Å². The molecule has 5 heterocycles. The van der Waals surface area contributed by atoms with Gasteiger partial charge in [-0.2, -0.15) is 0 Å². The molecule has 7 aromatic carbocycles. The first kappa shape index (κ1) is 40.4. The maximum atomic E-state index is 6.71. The van der Waals surface area contributed by atoms with E-state index in [0.717, 1.165) is 95.8 Å². The lowest BCUT2D eigenvalue weighted by Gasteiger charge is -2.21. The third-order valence-corrected chi connectivity index (χ3v) is 14.2. The third-order valence-electron chi connectivity index (χ3n) is 14.2. The Morgan fingerprint density at radius 2 is 1.14 bits per heavy atom. The van der Waals surface area contributed by atoms with E-state index in [1.54, 1.807) is 0 Å². The molecule has 0 unspecified atom stereocenters. The minimum atomic E-state index is 0.694. The van der Waals surface area contributed by atoms with Crippen LogP contribution >= 0.6 is 0 Å². The van der Waals surface area contributed by atoms with Gasteiger partial charge >= 0.3 is 0 Å². The van der Waals surface area contributed by atoms with Crippen molar-refractivity contribution in [1.82, 2.24) is 24.1 Å². The number of rotatable bonds is 7. The highest BCUT2D eigenvalue weighted by atomic mass is 15.0. The first-order chi connectivity index (χ1) is 34.0. The molecule has 69 heavy (non-hydrogen) atoms. The van der Waals surface area contributed by atoms with Crippen molar-refractivity contribution in [2.24, 2.45) is 0 Å². The largest absolute Gasteiger partial charge is 0.396 e. The Morgan fingerprint density at radius 1 is 0.536 bits per heavy atom. The number of para-hydroxylation sites is 1. The van der Waals surface area contributed by atoms with Crippen LogP contribution in [-0.4, -0.2) is 24.1 Å². The Kier molecular flexibility index (Phi) is 9.31. The van der Waals surface area contributed by atoms with E-state index in [-0.39, 0.29) is 0 Å². The second kappa shape index (κ2) is 15.9. The van der Waals surface area contributed by atoms with Crippen molar-refractivity contribution in [1.29, 1.82) is 0 Å². The molecule has 13 rings (SSSR count). The molecule has 328 valence electrons. The number of nitrogens with zero attached hydrogens (tertiary/aromatic N) is 5.